The molecule has 0 aliphatic carbocycles. The van der Waals surface area contributed by atoms with Crippen LogP contribution in [-0.4, -0.2) is 38.1 Å². The number of nitrogens with one attached hydrogen (secondary N) is 2. The summed E-state index contributed by atoms with van der Waals surface area (Å²) < 4.78 is 18.4. The predicted molar refractivity (Wildman–Crippen MR) is 109 cm³/mol. The molecule has 1 amide bonds. The Labute approximate surface area is 170 Å². The first-order valence-corrected chi connectivity index (χ1v) is 10.2. The average molecular weight is 399 g/mol. The molecule has 0 aromatic heterocycles. The molecule has 1 heterocycles. The Morgan fingerprint density at radius 2 is 1.72 bits per heavy atom. The van der Waals surface area contributed by atoms with Crippen LogP contribution in [0.3, 0.4) is 0 Å². The number of piperidine rings is 1. The minimum Gasteiger partial charge on any atom is -0.465 e. The van der Waals surface area contributed by atoms with Crippen molar-refractivity contribution in [2.45, 2.75) is 31.6 Å². The van der Waals surface area contributed by atoms with Crippen molar-refractivity contribution in [3.05, 3.63) is 66.0 Å². The molecule has 0 unspecified atom stereocenters. The molecule has 1 aliphatic rings. The highest BCUT2D eigenvalue weighted by molar-refractivity contribution is 5.90. The molecule has 1 saturated heterocycles. The summed E-state index contributed by atoms with van der Waals surface area (Å²) >= 11 is 0. The van der Waals surface area contributed by atoms with Crippen molar-refractivity contribution in [3.63, 3.8) is 0 Å². The topological polar surface area (TPSA) is 59.8 Å². The first-order chi connectivity index (χ1) is 14.0. The van der Waals surface area contributed by atoms with Crippen molar-refractivity contribution in [3.8, 4) is 0 Å². The van der Waals surface area contributed by atoms with E-state index in [-0.39, 0.29) is 17.7 Å². The molecule has 0 saturated carbocycles. The van der Waals surface area contributed by atoms with Crippen molar-refractivity contribution >= 4 is 17.6 Å². The summed E-state index contributed by atoms with van der Waals surface area (Å²) in [6, 6.07) is 15.6. The lowest BCUT2D eigenvalue weighted by Gasteiger charge is -2.38. The van der Waals surface area contributed by atoms with Gasteiger partial charge in [0.05, 0.1) is 32.7 Å². The van der Waals surface area contributed by atoms with Crippen LogP contribution >= 0.6 is 0 Å². The summed E-state index contributed by atoms with van der Waals surface area (Å²) in [7, 11) is 0. The van der Waals surface area contributed by atoms with E-state index in [0.29, 0.717) is 38.1 Å². The molecule has 29 heavy (non-hydrogen) atoms. The van der Waals surface area contributed by atoms with Gasteiger partial charge in [0, 0.05) is 18.5 Å². The number of carbonyl (C=O) groups excluding carboxylic acids is 2. The maximum atomic E-state index is 13.0. The van der Waals surface area contributed by atoms with E-state index >= 15 is 0 Å². The van der Waals surface area contributed by atoms with E-state index in [4.69, 9.17) is 4.74 Å². The Bertz CT molecular complexity index is 816. The first-order valence-electron chi connectivity index (χ1n) is 10.2. The van der Waals surface area contributed by atoms with E-state index in [1.54, 1.807) is 12.1 Å². The second-order valence-electron chi connectivity index (χ2n) is 7.47. The monoisotopic (exact) mass is 399 g/mol. The average Bonchev–Trinajstić information content (AvgIpc) is 2.75. The van der Waals surface area contributed by atoms with E-state index in [1.165, 1.54) is 17.0 Å². The fourth-order valence-electron chi connectivity index (χ4n) is 3.96. The SMILES string of the molecule is CCOC(=O)C1(c2ccccc2)CC[NH+](CCC(=O)Nc2ccc(F)cc2)CC1. The molecule has 2 N–H and O–H groups in total. The fraction of sp³-hybridized carbons (Fsp3) is 0.391. The minimum absolute atomic E-state index is 0.0885. The number of anilines is 1. The zero-order valence-corrected chi connectivity index (χ0v) is 16.7. The summed E-state index contributed by atoms with van der Waals surface area (Å²) in [5.74, 6) is -0.571. The number of halogens is 1. The zero-order chi connectivity index (χ0) is 20.7. The molecule has 0 atom stereocenters. The second-order valence-corrected chi connectivity index (χ2v) is 7.47. The van der Waals surface area contributed by atoms with Crippen molar-refractivity contribution in [2.75, 3.05) is 31.6 Å². The zero-order valence-electron chi connectivity index (χ0n) is 16.7. The lowest BCUT2D eigenvalue weighted by Crippen LogP contribution is -3.13. The normalized spacial score (nSPS) is 21.4. The number of likely N-dealkylation sites (tertiary alicyclic amines) is 1. The van der Waals surface area contributed by atoms with Crippen LogP contribution in [0.4, 0.5) is 10.1 Å². The van der Waals surface area contributed by atoms with Gasteiger partial charge < -0.3 is 15.0 Å². The number of hydrogen-bond donors (Lipinski definition) is 2. The lowest BCUT2D eigenvalue weighted by atomic mass is 9.72. The third kappa shape index (κ3) is 5.21. The van der Waals surface area contributed by atoms with Gasteiger partial charge in [-0.25, -0.2) is 4.39 Å². The largest absolute Gasteiger partial charge is 0.465 e. The van der Waals surface area contributed by atoms with E-state index in [0.717, 1.165) is 18.7 Å². The van der Waals surface area contributed by atoms with E-state index in [2.05, 4.69) is 5.32 Å². The van der Waals surface area contributed by atoms with E-state index < -0.39 is 5.41 Å². The number of amides is 1. The van der Waals surface area contributed by atoms with Crippen LogP contribution < -0.4 is 10.2 Å². The Morgan fingerprint density at radius 3 is 2.34 bits per heavy atom. The van der Waals surface area contributed by atoms with Crippen molar-refractivity contribution < 1.29 is 23.6 Å². The summed E-state index contributed by atoms with van der Waals surface area (Å²) in [4.78, 5) is 26.3. The van der Waals surface area contributed by atoms with Gasteiger partial charge in [0.15, 0.2) is 0 Å². The smallest absolute Gasteiger partial charge is 0.317 e. The molecule has 3 rings (SSSR count). The van der Waals surface area contributed by atoms with Crippen LogP contribution in [0.15, 0.2) is 54.6 Å². The number of carbonyl (C=O) groups is 2. The molecule has 6 heteroatoms. The predicted octanol–water partition coefficient (Wildman–Crippen LogP) is 2.33. The second kappa shape index (κ2) is 9.65. The summed E-state index contributed by atoms with van der Waals surface area (Å²) in [6.45, 7) is 4.50. The van der Waals surface area contributed by atoms with Crippen molar-refractivity contribution in [1.82, 2.24) is 0 Å². The van der Waals surface area contributed by atoms with Crippen molar-refractivity contribution in [2.24, 2.45) is 0 Å². The van der Waals surface area contributed by atoms with Crippen LogP contribution in [0.25, 0.3) is 0 Å². The van der Waals surface area contributed by atoms with Crippen LogP contribution in [0, 0.1) is 5.82 Å². The Balaban J connectivity index is 1.55. The molecule has 0 radical (unpaired) electrons. The van der Waals surface area contributed by atoms with Crippen LogP contribution in [0.5, 0.6) is 0 Å². The van der Waals surface area contributed by atoms with Crippen molar-refractivity contribution in [1.29, 1.82) is 0 Å². The Hall–Kier alpha value is -2.73. The fourth-order valence-corrected chi connectivity index (χ4v) is 3.96. The van der Waals surface area contributed by atoms with Gasteiger partial charge in [-0.1, -0.05) is 30.3 Å². The van der Waals surface area contributed by atoms with E-state index in [9.17, 15) is 14.0 Å². The van der Waals surface area contributed by atoms with Gasteiger partial charge in [-0.2, -0.15) is 0 Å². The highest BCUT2D eigenvalue weighted by Crippen LogP contribution is 2.34. The number of hydrogen-bond acceptors (Lipinski definition) is 3. The molecule has 154 valence electrons. The number of esters is 1. The minimum atomic E-state index is -0.600. The van der Waals surface area contributed by atoms with Gasteiger partial charge in [0.1, 0.15) is 11.2 Å². The van der Waals surface area contributed by atoms with Gasteiger partial charge >= 0.3 is 5.97 Å². The van der Waals surface area contributed by atoms with Gasteiger partial charge in [-0.15, -0.1) is 0 Å². The van der Waals surface area contributed by atoms with Gasteiger partial charge in [-0.3, -0.25) is 9.59 Å². The quantitative estimate of drug-likeness (QED) is 0.703. The Kier molecular flexibility index (Phi) is 6.99. The van der Waals surface area contributed by atoms with Gasteiger partial charge in [0.2, 0.25) is 5.91 Å². The Morgan fingerprint density at radius 1 is 1.07 bits per heavy atom. The molecule has 5 nitrogen and oxygen atoms in total. The highest BCUT2D eigenvalue weighted by Gasteiger charge is 2.45. The van der Waals surface area contributed by atoms with Gasteiger partial charge in [0.25, 0.3) is 0 Å². The summed E-state index contributed by atoms with van der Waals surface area (Å²) in [6.07, 6.45) is 1.78. The molecule has 2 aromatic carbocycles. The number of ether oxygens (including phenoxy) is 1. The first kappa shape index (κ1) is 21.0. The third-order valence-corrected chi connectivity index (χ3v) is 5.64. The van der Waals surface area contributed by atoms with Crippen LogP contribution in [0.2, 0.25) is 0 Å². The summed E-state index contributed by atoms with van der Waals surface area (Å²) in [5.41, 5.74) is 0.999. The standard InChI is InChI=1S/C23H27FN2O3/c1-2-29-22(28)23(18-6-4-3-5-7-18)13-16-26(17-14-23)15-12-21(27)25-20-10-8-19(24)9-11-20/h3-11H,2,12-17H2,1H3,(H,25,27)/p+1. The number of benzene rings is 2. The molecule has 1 aliphatic heterocycles. The molecule has 0 bridgehead atoms. The molecular weight excluding hydrogens is 371 g/mol. The van der Waals surface area contributed by atoms with Crippen LogP contribution in [0.1, 0.15) is 31.7 Å². The molecule has 2 aromatic rings. The molecule has 0 spiro atoms. The van der Waals surface area contributed by atoms with Gasteiger partial charge in [-0.05, 0) is 36.8 Å². The maximum absolute atomic E-state index is 13.0. The number of quaternary nitrogens is 1. The molecule has 1 fully saturated rings. The highest BCUT2D eigenvalue weighted by atomic mass is 19.1. The summed E-state index contributed by atoms with van der Waals surface area (Å²) in [5, 5.41) is 2.79. The maximum Gasteiger partial charge on any atom is 0.317 e. The number of rotatable bonds is 7. The molecular formula is C23H28FN2O3+. The third-order valence-electron chi connectivity index (χ3n) is 5.64. The van der Waals surface area contributed by atoms with E-state index in [1.807, 2.05) is 37.3 Å². The lowest BCUT2D eigenvalue weighted by molar-refractivity contribution is -0.905. The van der Waals surface area contributed by atoms with Crippen LogP contribution in [-0.2, 0) is 19.7 Å².